The summed E-state index contributed by atoms with van der Waals surface area (Å²) in [5, 5.41) is 8.27. The van der Waals surface area contributed by atoms with Crippen molar-refractivity contribution >= 4 is 52.8 Å². The first kappa shape index (κ1) is 35.8. The monoisotopic (exact) mass is 673 g/mol. The van der Waals surface area contributed by atoms with Crippen LogP contribution in [0.5, 0.6) is 17.2 Å². The fraction of sp³-hybridized carbons (Fsp3) is 0.324. The first-order valence-electron chi connectivity index (χ1n) is 14.5. The molecule has 0 spiro atoms. The maximum Gasteiger partial charge on any atom is 0.262 e. The second-order valence-electron chi connectivity index (χ2n) is 10.6. The van der Waals surface area contributed by atoms with Crippen molar-refractivity contribution in [1.29, 1.82) is 0 Å². The van der Waals surface area contributed by atoms with Gasteiger partial charge in [-0.25, -0.2) is 5.43 Å². The summed E-state index contributed by atoms with van der Waals surface area (Å²) in [4.78, 5) is 26.1. The van der Waals surface area contributed by atoms with E-state index in [0.29, 0.717) is 52.3 Å². The maximum absolute atomic E-state index is 13.1. The number of hydrogen-bond donors (Lipinski definition) is 2. The molecule has 0 aliphatic carbocycles. The van der Waals surface area contributed by atoms with Crippen LogP contribution in [0.25, 0.3) is 0 Å². The summed E-state index contributed by atoms with van der Waals surface area (Å²) >= 11 is 18.4. The van der Waals surface area contributed by atoms with Crippen LogP contribution in [0.2, 0.25) is 15.1 Å². The molecule has 0 unspecified atom stereocenters. The van der Waals surface area contributed by atoms with Gasteiger partial charge in [0.05, 0.1) is 17.8 Å². The zero-order chi connectivity index (χ0) is 32.9. The van der Waals surface area contributed by atoms with E-state index < -0.39 is 24.0 Å². The Morgan fingerprint density at radius 1 is 0.933 bits per heavy atom. The van der Waals surface area contributed by atoms with Crippen molar-refractivity contribution < 1.29 is 23.8 Å². The number of nitrogens with zero attached hydrogens (tertiary/aromatic N) is 1. The summed E-state index contributed by atoms with van der Waals surface area (Å²) in [6, 6.07) is 15.0. The fourth-order valence-corrected chi connectivity index (χ4v) is 4.96. The predicted octanol–water partition coefficient (Wildman–Crippen LogP) is 7.80. The highest BCUT2D eigenvalue weighted by molar-refractivity contribution is 6.35. The van der Waals surface area contributed by atoms with E-state index in [1.54, 1.807) is 31.2 Å². The van der Waals surface area contributed by atoms with Crippen molar-refractivity contribution in [1.82, 2.24) is 10.7 Å². The minimum atomic E-state index is -0.923. The van der Waals surface area contributed by atoms with Crippen molar-refractivity contribution in [2.75, 3.05) is 6.61 Å². The number of rotatable bonds is 16. The number of amides is 2. The van der Waals surface area contributed by atoms with Crippen molar-refractivity contribution in [3.63, 3.8) is 0 Å². The Balaban J connectivity index is 1.73. The first-order chi connectivity index (χ1) is 21.5. The molecule has 8 nitrogen and oxygen atoms in total. The van der Waals surface area contributed by atoms with Gasteiger partial charge in [-0.2, -0.15) is 5.10 Å². The summed E-state index contributed by atoms with van der Waals surface area (Å²) in [5.41, 5.74) is 4.90. The van der Waals surface area contributed by atoms with Gasteiger partial charge in [-0.1, -0.05) is 72.9 Å². The number of allylic oxidation sites excluding steroid dienone is 1. The van der Waals surface area contributed by atoms with Crippen LogP contribution in [0.1, 0.15) is 50.8 Å². The number of carbonyl (C=O) groups excluding carboxylic acids is 2. The molecule has 0 heterocycles. The van der Waals surface area contributed by atoms with Crippen molar-refractivity contribution in [2.45, 2.75) is 59.3 Å². The highest BCUT2D eigenvalue weighted by Gasteiger charge is 2.25. The van der Waals surface area contributed by atoms with E-state index >= 15 is 0 Å². The van der Waals surface area contributed by atoms with Gasteiger partial charge in [0.1, 0.15) is 18.4 Å². The lowest BCUT2D eigenvalue weighted by Crippen LogP contribution is -2.49. The molecular formula is C34H38Cl3N3O5. The van der Waals surface area contributed by atoms with E-state index in [9.17, 15) is 9.59 Å². The van der Waals surface area contributed by atoms with Crippen LogP contribution >= 0.6 is 34.8 Å². The number of hydrazone groups is 1. The second-order valence-corrected chi connectivity index (χ2v) is 11.8. The number of carbonyl (C=O) groups is 2. The molecule has 0 bridgehead atoms. The second kappa shape index (κ2) is 17.7. The van der Waals surface area contributed by atoms with Gasteiger partial charge in [0.15, 0.2) is 17.6 Å². The Labute approximate surface area is 279 Å². The summed E-state index contributed by atoms with van der Waals surface area (Å²) in [6.07, 6.45) is 3.25. The van der Waals surface area contributed by atoms with Crippen LogP contribution in [0, 0.1) is 5.92 Å². The fourth-order valence-electron chi connectivity index (χ4n) is 4.31. The summed E-state index contributed by atoms with van der Waals surface area (Å²) in [5.74, 6) is 0.570. The van der Waals surface area contributed by atoms with E-state index in [1.807, 2.05) is 51.1 Å². The minimum absolute atomic E-state index is 0.112. The number of halogens is 3. The van der Waals surface area contributed by atoms with Gasteiger partial charge < -0.3 is 19.5 Å². The Hall–Kier alpha value is -3.72. The number of nitrogens with one attached hydrogen (secondary N) is 2. The van der Waals surface area contributed by atoms with Gasteiger partial charge in [0.25, 0.3) is 11.8 Å². The lowest BCUT2D eigenvalue weighted by atomic mass is 10.0. The molecule has 2 amide bonds. The average Bonchev–Trinajstić information content (AvgIpc) is 2.98. The molecule has 3 rings (SSSR count). The van der Waals surface area contributed by atoms with Gasteiger partial charge in [-0.05, 0) is 74.6 Å². The summed E-state index contributed by atoms with van der Waals surface area (Å²) < 4.78 is 17.8. The average molecular weight is 675 g/mol. The standard InChI is InChI=1S/C34H38Cl3N3O5/c1-6-10-24-16-23(17-31(43-7-2)32(24)44-20-25-11-8-9-12-27(25)36)19-38-40-34(42)29(15-21(3)4)39-33(41)22(5)45-30-14-13-26(35)18-28(30)37/h6,8-9,11-14,16-19,21-22,29H,1,7,10,15,20H2,2-5H3,(H,39,41)(H,40,42)/b38-19-/t22-,29+/m0/s1. The van der Waals surface area contributed by atoms with Crippen LogP contribution in [-0.4, -0.2) is 36.8 Å². The highest BCUT2D eigenvalue weighted by atomic mass is 35.5. The summed E-state index contributed by atoms with van der Waals surface area (Å²) in [6.45, 7) is 11.9. The van der Waals surface area contributed by atoms with Crippen molar-refractivity contribution in [3.8, 4) is 17.2 Å². The van der Waals surface area contributed by atoms with Gasteiger partial charge in [0.2, 0.25) is 0 Å². The molecule has 0 aliphatic rings. The Morgan fingerprint density at radius 2 is 1.69 bits per heavy atom. The molecule has 45 heavy (non-hydrogen) atoms. The van der Waals surface area contributed by atoms with Gasteiger partial charge >= 0.3 is 0 Å². The zero-order valence-corrected chi connectivity index (χ0v) is 28.0. The molecule has 0 saturated carbocycles. The molecule has 240 valence electrons. The van der Waals surface area contributed by atoms with E-state index in [2.05, 4.69) is 22.4 Å². The number of hydrogen-bond acceptors (Lipinski definition) is 6. The number of benzene rings is 3. The SMILES string of the molecule is C=CCc1cc(/C=N\NC(=O)[C@@H](CC(C)C)NC(=O)[C@H](C)Oc2ccc(Cl)cc2Cl)cc(OCC)c1OCc1ccccc1Cl. The van der Waals surface area contributed by atoms with Crippen LogP contribution in [-0.2, 0) is 22.6 Å². The van der Waals surface area contributed by atoms with E-state index in [-0.39, 0.29) is 17.5 Å². The predicted molar refractivity (Wildman–Crippen MR) is 181 cm³/mol. The molecule has 11 heteroatoms. The van der Waals surface area contributed by atoms with Crippen LogP contribution in [0.15, 0.2) is 72.4 Å². The van der Waals surface area contributed by atoms with Crippen LogP contribution in [0.3, 0.4) is 0 Å². The molecule has 3 aromatic carbocycles. The van der Waals surface area contributed by atoms with Crippen LogP contribution < -0.4 is 25.0 Å². The molecule has 0 aromatic heterocycles. The molecule has 0 fully saturated rings. The molecule has 0 saturated heterocycles. The Morgan fingerprint density at radius 3 is 2.36 bits per heavy atom. The van der Waals surface area contributed by atoms with Crippen molar-refractivity contribution in [3.05, 3.63) is 99.0 Å². The van der Waals surface area contributed by atoms with Crippen molar-refractivity contribution in [2.24, 2.45) is 11.0 Å². The topological polar surface area (TPSA) is 98.3 Å². The molecule has 2 atom stereocenters. The van der Waals surface area contributed by atoms with E-state index in [1.165, 1.54) is 12.3 Å². The van der Waals surface area contributed by atoms with Gasteiger partial charge in [-0.15, -0.1) is 6.58 Å². The summed E-state index contributed by atoms with van der Waals surface area (Å²) in [7, 11) is 0. The lowest BCUT2D eigenvalue weighted by molar-refractivity contribution is -0.132. The van der Waals surface area contributed by atoms with E-state index in [0.717, 1.165) is 11.1 Å². The maximum atomic E-state index is 13.1. The molecule has 2 N–H and O–H groups in total. The van der Waals surface area contributed by atoms with Crippen LogP contribution in [0.4, 0.5) is 0 Å². The Bertz CT molecular complexity index is 1510. The minimum Gasteiger partial charge on any atom is -0.490 e. The van der Waals surface area contributed by atoms with E-state index in [4.69, 9.17) is 49.0 Å². The normalized spacial score (nSPS) is 12.4. The third-order valence-corrected chi connectivity index (χ3v) is 7.34. The molecule has 0 aliphatic heterocycles. The zero-order valence-electron chi connectivity index (χ0n) is 25.7. The molecule has 0 radical (unpaired) electrons. The number of ether oxygens (including phenoxy) is 3. The molecule has 3 aromatic rings. The quantitative estimate of drug-likeness (QED) is 0.0918. The van der Waals surface area contributed by atoms with Gasteiger partial charge in [-0.3, -0.25) is 9.59 Å². The smallest absolute Gasteiger partial charge is 0.262 e. The Kier molecular flexibility index (Phi) is 14.1. The largest absolute Gasteiger partial charge is 0.490 e. The molecular weight excluding hydrogens is 637 g/mol. The van der Waals surface area contributed by atoms with Gasteiger partial charge in [0, 0.05) is 21.2 Å². The third kappa shape index (κ3) is 11.0. The first-order valence-corrected chi connectivity index (χ1v) is 15.7. The lowest BCUT2D eigenvalue weighted by Gasteiger charge is -2.22. The third-order valence-electron chi connectivity index (χ3n) is 6.44. The highest BCUT2D eigenvalue weighted by Crippen LogP contribution is 2.35.